The van der Waals surface area contributed by atoms with Gasteiger partial charge in [0.1, 0.15) is 0 Å². The molecule has 1 atom stereocenters. The maximum atomic E-state index is 12.3. The summed E-state index contributed by atoms with van der Waals surface area (Å²) in [4.78, 5) is 0.387. The van der Waals surface area contributed by atoms with Crippen LogP contribution < -0.4 is 0 Å². The van der Waals surface area contributed by atoms with Gasteiger partial charge < -0.3 is 4.43 Å². The highest BCUT2D eigenvalue weighted by Crippen LogP contribution is 2.36. The van der Waals surface area contributed by atoms with Crippen LogP contribution in [-0.2, 0) is 14.3 Å². The first-order valence-electron chi connectivity index (χ1n) is 8.04. The first kappa shape index (κ1) is 20.1. The molecule has 0 saturated carbocycles. The lowest BCUT2D eigenvalue weighted by Gasteiger charge is -2.35. The predicted octanol–water partition coefficient (Wildman–Crippen LogP) is 4.67. The zero-order valence-electron chi connectivity index (χ0n) is 15.2. The van der Waals surface area contributed by atoms with Crippen molar-refractivity contribution in [1.82, 2.24) is 0 Å². The van der Waals surface area contributed by atoms with Crippen LogP contribution >= 0.6 is 0 Å². The summed E-state index contributed by atoms with van der Waals surface area (Å²) in [7, 11) is -4.98. The minimum Gasteiger partial charge on any atom is -0.413 e. The molecule has 0 heterocycles. The minimum absolute atomic E-state index is 0.0387. The van der Waals surface area contributed by atoms with Crippen LogP contribution in [0, 0.1) is 5.92 Å². The summed E-state index contributed by atoms with van der Waals surface area (Å²) in [5.41, 5.74) is 0. The molecule has 5 heteroatoms. The van der Waals surface area contributed by atoms with Gasteiger partial charge in [0, 0.05) is 0 Å². The molecule has 0 N–H and O–H groups in total. The average molecular weight is 355 g/mol. The van der Waals surface area contributed by atoms with Crippen molar-refractivity contribution in [3.8, 4) is 0 Å². The Morgan fingerprint density at radius 3 is 2.26 bits per heavy atom. The molecule has 0 saturated heterocycles. The summed E-state index contributed by atoms with van der Waals surface area (Å²) in [6, 6.07) is 8.61. The minimum atomic E-state index is -3.23. The molecule has 0 fully saturated rings. The van der Waals surface area contributed by atoms with Gasteiger partial charge in [0.2, 0.25) is 0 Å². The van der Waals surface area contributed by atoms with E-state index in [1.54, 1.807) is 24.3 Å². The van der Waals surface area contributed by atoms with Crippen LogP contribution in [0.2, 0.25) is 18.1 Å². The summed E-state index contributed by atoms with van der Waals surface area (Å²) in [6.45, 7) is 13.5. The lowest BCUT2D eigenvalue weighted by molar-refractivity contribution is 0.327. The molecule has 0 aliphatic heterocycles. The first-order valence-corrected chi connectivity index (χ1v) is 12.6. The topological polar surface area (TPSA) is 43.4 Å². The van der Waals surface area contributed by atoms with Gasteiger partial charge in [-0.3, -0.25) is 0 Å². The largest absolute Gasteiger partial charge is 0.413 e. The molecule has 23 heavy (non-hydrogen) atoms. The van der Waals surface area contributed by atoms with Crippen molar-refractivity contribution >= 4 is 18.2 Å². The van der Waals surface area contributed by atoms with Crippen molar-refractivity contribution in [2.45, 2.75) is 50.7 Å². The van der Waals surface area contributed by atoms with Gasteiger partial charge in [-0.2, -0.15) is 0 Å². The third kappa shape index (κ3) is 6.24. The number of hydrogen-bond acceptors (Lipinski definition) is 3. The molecule has 0 aliphatic rings. The molecule has 0 bridgehead atoms. The normalized spacial score (nSPS) is 15.0. The molecule has 1 aromatic rings. The third-order valence-corrected chi connectivity index (χ3v) is 10.9. The van der Waals surface area contributed by atoms with Crippen LogP contribution in [0.5, 0.6) is 0 Å². The molecule has 0 radical (unpaired) electrons. The van der Waals surface area contributed by atoms with E-state index in [1.807, 2.05) is 25.1 Å². The van der Waals surface area contributed by atoms with Crippen LogP contribution in [0.4, 0.5) is 0 Å². The van der Waals surface area contributed by atoms with Crippen molar-refractivity contribution in [3.05, 3.63) is 42.5 Å². The van der Waals surface area contributed by atoms with Crippen LogP contribution in [0.1, 0.15) is 27.7 Å². The van der Waals surface area contributed by atoms with E-state index in [4.69, 9.17) is 4.43 Å². The van der Waals surface area contributed by atoms with Gasteiger partial charge in [0.15, 0.2) is 18.2 Å². The van der Waals surface area contributed by atoms with Crippen molar-refractivity contribution in [3.63, 3.8) is 0 Å². The standard InChI is InChI=1S/C18H30O3SSi/c1-16(11-10-14-21-23(5,6)18(2,3)4)15-22(19,20)17-12-8-7-9-13-17/h7-13,16H,14-15H2,1-6H3/b11-10+/t16-/m0/s1. The van der Waals surface area contributed by atoms with Crippen molar-refractivity contribution < 1.29 is 12.8 Å². The van der Waals surface area contributed by atoms with E-state index >= 15 is 0 Å². The first-order chi connectivity index (χ1) is 10.5. The van der Waals surface area contributed by atoms with E-state index in [0.717, 1.165) is 0 Å². The average Bonchev–Trinajstić information content (AvgIpc) is 2.43. The van der Waals surface area contributed by atoms with E-state index in [1.165, 1.54) is 0 Å². The predicted molar refractivity (Wildman–Crippen MR) is 99.9 cm³/mol. The Kier molecular flexibility index (Phi) is 6.80. The van der Waals surface area contributed by atoms with Gasteiger partial charge in [-0.1, -0.05) is 58.0 Å². The lowest BCUT2D eigenvalue weighted by Crippen LogP contribution is -2.40. The Bertz CT molecular complexity index is 613. The molecule has 1 rings (SSSR count). The Balaban J connectivity index is 2.56. The Hall–Kier alpha value is -0.913. The fraction of sp³-hybridized carbons (Fsp3) is 0.556. The zero-order chi connectivity index (χ0) is 17.7. The molecule has 0 amide bonds. The molecule has 3 nitrogen and oxygen atoms in total. The van der Waals surface area contributed by atoms with Crippen LogP contribution in [0.3, 0.4) is 0 Å². The van der Waals surface area contributed by atoms with E-state index in [-0.39, 0.29) is 16.7 Å². The summed E-state index contributed by atoms with van der Waals surface area (Å²) >= 11 is 0. The quantitative estimate of drug-likeness (QED) is 0.528. The molecular weight excluding hydrogens is 324 g/mol. The fourth-order valence-electron chi connectivity index (χ4n) is 1.89. The molecule has 0 unspecified atom stereocenters. The highest BCUT2D eigenvalue weighted by Gasteiger charge is 2.36. The van der Waals surface area contributed by atoms with Crippen LogP contribution in [-0.4, -0.2) is 29.1 Å². The SMILES string of the molecule is C[C@@H](/C=C/CO[Si](C)(C)C(C)(C)C)CS(=O)(=O)c1ccccc1. The third-order valence-electron chi connectivity index (χ3n) is 4.40. The summed E-state index contributed by atoms with van der Waals surface area (Å²) in [5.74, 6) is 0.0800. The van der Waals surface area contributed by atoms with E-state index in [9.17, 15) is 8.42 Å². The molecule has 0 spiro atoms. The Morgan fingerprint density at radius 1 is 1.17 bits per heavy atom. The number of hydrogen-bond donors (Lipinski definition) is 0. The summed E-state index contributed by atoms with van der Waals surface area (Å²) in [6.07, 6.45) is 3.89. The second-order valence-electron chi connectivity index (χ2n) is 7.57. The highest BCUT2D eigenvalue weighted by molar-refractivity contribution is 7.91. The smallest absolute Gasteiger partial charge is 0.192 e. The second-order valence-corrected chi connectivity index (χ2v) is 14.4. The summed E-state index contributed by atoms with van der Waals surface area (Å²) in [5, 5.41) is 0.184. The zero-order valence-corrected chi connectivity index (χ0v) is 17.0. The number of benzene rings is 1. The van der Waals surface area contributed by atoms with Gasteiger partial charge in [-0.25, -0.2) is 8.42 Å². The van der Waals surface area contributed by atoms with Gasteiger partial charge in [-0.15, -0.1) is 0 Å². The van der Waals surface area contributed by atoms with Gasteiger partial charge in [0.05, 0.1) is 17.3 Å². The fourth-order valence-corrected chi connectivity index (χ4v) is 4.40. The summed E-state index contributed by atoms with van der Waals surface area (Å²) < 4.78 is 30.7. The number of rotatable bonds is 7. The van der Waals surface area contributed by atoms with E-state index in [0.29, 0.717) is 11.5 Å². The number of sulfone groups is 1. The van der Waals surface area contributed by atoms with Crippen molar-refractivity contribution in [2.24, 2.45) is 5.92 Å². The molecule has 1 aromatic carbocycles. The van der Waals surface area contributed by atoms with Gasteiger partial charge >= 0.3 is 0 Å². The van der Waals surface area contributed by atoms with Crippen molar-refractivity contribution in [1.29, 1.82) is 0 Å². The van der Waals surface area contributed by atoms with Crippen LogP contribution in [0.15, 0.2) is 47.4 Å². The molecule has 130 valence electrons. The number of allylic oxidation sites excluding steroid dienone is 1. The molecule has 0 aliphatic carbocycles. The van der Waals surface area contributed by atoms with Gasteiger partial charge in [-0.05, 0) is 36.2 Å². The molecular formula is C18H30O3SSi. The second kappa shape index (κ2) is 7.77. The molecule has 0 aromatic heterocycles. The van der Waals surface area contributed by atoms with E-state index < -0.39 is 18.2 Å². The monoisotopic (exact) mass is 354 g/mol. The Labute approximate surface area is 142 Å². The van der Waals surface area contributed by atoms with Crippen LogP contribution in [0.25, 0.3) is 0 Å². The van der Waals surface area contributed by atoms with E-state index in [2.05, 4.69) is 33.9 Å². The Morgan fingerprint density at radius 2 is 1.74 bits per heavy atom. The lowest BCUT2D eigenvalue weighted by atomic mass is 10.2. The highest BCUT2D eigenvalue weighted by atomic mass is 32.2. The maximum absolute atomic E-state index is 12.3. The van der Waals surface area contributed by atoms with Crippen molar-refractivity contribution in [2.75, 3.05) is 12.4 Å². The van der Waals surface area contributed by atoms with Gasteiger partial charge in [0.25, 0.3) is 0 Å². The maximum Gasteiger partial charge on any atom is 0.192 e.